The number of rotatable bonds is 3. The third-order valence-corrected chi connectivity index (χ3v) is 5.88. The number of methoxy groups -OCH3 is 1. The first-order chi connectivity index (χ1) is 11.2. The monoisotopic (exact) mass is 312 g/mol. The number of carbonyl (C=O) groups is 1. The minimum Gasteiger partial charge on any atom is -0.497 e. The Bertz CT molecular complexity index is 749. The highest BCUT2D eigenvalue weighted by molar-refractivity contribution is 5.99. The molecule has 1 aromatic carbocycles. The summed E-state index contributed by atoms with van der Waals surface area (Å²) in [7, 11) is 3.62. The molecule has 122 valence electrons. The Hall–Kier alpha value is -1.97. The second kappa shape index (κ2) is 5.59. The predicted octanol–water partition coefficient (Wildman–Crippen LogP) is 3.50. The van der Waals surface area contributed by atoms with Crippen LogP contribution in [0.3, 0.4) is 0 Å². The highest BCUT2D eigenvalue weighted by atomic mass is 16.5. The zero-order valence-corrected chi connectivity index (χ0v) is 13.8. The molecule has 1 amide bonds. The lowest BCUT2D eigenvalue weighted by Gasteiger charge is -2.20. The topological polar surface area (TPSA) is 43.3 Å². The lowest BCUT2D eigenvalue weighted by Crippen LogP contribution is -2.38. The molecule has 2 aliphatic carbocycles. The highest BCUT2D eigenvalue weighted by Gasteiger charge is 2.39. The normalized spacial score (nSPS) is 26.4. The van der Waals surface area contributed by atoms with Gasteiger partial charge in [0, 0.05) is 24.0 Å². The van der Waals surface area contributed by atoms with Gasteiger partial charge in [-0.2, -0.15) is 0 Å². The van der Waals surface area contributed by atoms with Gasteiger partial charge in [-0.25, -0.2) is 0 Å². The Morgan fingerprint density at radius 1 is 1.22 bits per heavy atom. The molecule has 0 saturated heterocycles. The molecule has 0 unspecified atom stereocenters. The molecule has 4 nitrogen and oxygen atoms in total. The maximum atomic E-state index is 12.8. The molecule has 2 aliphatic rings. The number of carbonyl (C=O) groups excluding carboxylic acids is 1. The van der Waals surface area contributed by atoms with Gasteiger partial charge in [0.05, 0.1) is 7.11 Å². The van der Waals surface area contributed by atoms with E-state index >= 15 is 0 Å². The van der Waals surface area contributed by atoms with E-state index in [0.29, 0.717) is 12.0 Å². The number of fused-ring (bicyclic) bond motifs is 2. The van der Waals surface area contributed by atoms with Crippen LogP contribution in [0.25, 0.3) is 10.9 Å². The summed E-state index contributed by atoms with van der Waals surface area (Å²) in [5.74, 6) is 2.42. The third kappa shape index (κ3) is 2.41. The quantitative estimate of drug-likeness (QED) is 0.942. The SMILES string of the molecule is COc1ccc2c(c1)cc(C(=O)N[C@H]1CC[C@@H]3CCC[C@@H]31)n2C. The van der Waals surface area contributed by atoms with Crippen LogP contribution in [0.15, 0.2) is 24.3 Å². The number of aryl methyl sites for hydroxylation is 1. The summed E-state index contributed by atoms with van der Waals surface area (Å²) in [6, 6.07) is 8.25. The first-order valence-corrected chi connectivity index (χ1v) is 8.61. The van der Waals surface area contributed by atoms with E-state index in [1.54, 1.807) is 7.11 Å². The van der Waals surface area contributed by atoms with E-state index in [9.17, 15) is 4.79 Å². The fourth-order valence-corrected chi connectivity index (χ4v) is 4.66. The maximum absolute atomic E-state index is 12.8. The van der Waals surface area contributed by atoms with Gasteiger partial charge in [-0.1, -0.05) is 12.8 Å². The van der Waals surface area contributed by atoms with E-state index in [1.165, 1.54) is 25.7 Å². The average Bonchev–Trinajstić information content (AvgIpc) is 3.23. The van der Waals surface area contributed by atoms with Crippen LogP contribution in [0.2, 0.25) is 0 Å². The molecule has 2 aromatic rings. The molecule has 2 fully saturated rings. The largest absolute Gasteiger partial charge is 0.497 e. The van der Waals surface area contributed by atoms with Crippen molar-refractivity contribution in [3.63, 3.8) is 0 Å². The second-order valence-electron chi connectivity index (χ2n) is 7.03. The van der Waals surface area contributed by atoms with Gasteiger partial charge in [0.2, 0.25) is 0 Å². The number of nitrogens with zero attached hydrogens (tertiary/aromatic N) is 1. The Morgan fingerprint density at radius 3 is 2.91 bits per heavy atom. The van der Waals surface area contributed by atoms with Crippen LogP contribution in [0.4, 0.5) is 0 Å². The van der Waals surface area contributed by atoms with Crippen LogP contribution in [0, 0.1) is 11.8 Å². The van der Waals surface area contributed by atoms with Gasteiger partial charge in [0.25, 0.3) is 5.91 Å². The van der Waals surface area contributed by atoms with Gasteiger partial charge in [-0.3, -0.25) is 4.79 Å². The van der Waals surface area contributed by atoms with E-state index < -0.39 is 0 Å². The Balaban J connectivity index is 1.58. The Morgan fingerprint density at radius 2 is 2.09 bits per heavy atom. The van der Waals surface area contributed by atoms with E-state index in [0.717, 1.165) is 34.7 Å². The van der Waals surface area contributed by atoms with Crippen molar-refractivity contribution in [2.75, 3.05) is 7.11 Å². The lowest BCUT2D eigenvalue weighted by molar-refractivity contribution is 0.0918. The van der Waals surface area contributed by atoms with E-state index in [1.807, 2.05) is 35.9 Å². The number of hydrogen-bond donors (Lipinski definition) is 1. The van der Waals surface area contributed by atoms with Gasteiger partial charge in [0.15, 0.2) is 0 Å². The summed E-state index contributed by atoms with van der Waals surface area (Å²) in [5, 5.41) is 4.35. The van der Waals surface area contributed by atoms with Crippen LogP contribution >= 0.6 is 0 Å². The van der Waals surface area contributed by atoms with Crippen LogP contribution in [0.5, 0.6) is 5.75 Å². The molecule has 3 atom stereocenters. The van der Waals surface area contributed by atoms with Crippen molar-refractivity contribution in [1.82, 2.24) is 9.88 Å². The summed E-state index contributed by atoms with van der Waals surface area (Å²) < 4.78 is 7.25. The van der Waals surface area contributed by atoms with Gasteiger partial charge >= 0.3 is 0 Å². The summed E-state index contributed by atoms with van der Waals surface area (Å²) in [6.07, 6.45) is 6.38. The maximum Gasteiger partial charge on any atom is 0.268 e. The van der Waals surface area contributed by atoms with E-state index in [4.69, 9.17) is 4.74 Å². The molecule has 4 heteroatoms. The lowest BCUT2D eigenvalue weighted by atomic mass is 9.97. The van der Waals surface area contributed by atoms with Crippen molar-refractivity contribution in [3.05, 3.63) is 30.0 Å². The second-order valence-corrected chi connectivity index (χ2v) is 7.03. The third-order valence-electron chi connectivity index (χ3n) is 5.88. The van der Waals surface area contributed by atoms with Gasteiger partial charge in [0.1, 0.15) is 11.4 Å². The molecule has 4 rings (SSSR count). The molecule has 0 radical (unpaired) electrons. The molecule has 0 aliphatic heterocycles. The summed E-state index contributed by atoms with van der Waals surface area (Å²) >= 11 is 0. The Kier molecular flexibility index (Phi) is 3.55. The number of ether oxygens (including phenoxy) is 1. The van der Waals surface area contributed by atoms with Crippen molar-refractivity contribution in [2.24, 2.45) is 18.9 Å². The minimum atomic E-state index is 0.0558. The van der Waals surface area contributed by atoms with Gasteiger partial charge in [-0.05, 0) is 55.4 Å². The standard InChI is InChI=1S/C19H24N2O2/c1-21-17-9-7-14(23-2)10-13(17)11-18(21)19(22)20-16-8-6-12-4-3-5-15(12)16/h7,9-12,15-16H,3-6,8H2,1-2H3,(H,20,22)/t12-,15-,16-/m0/s1. The molecule has 1 N–H and O–H groups in total. The Labute approximate surface area is 136 Å². The molecule has 23 heavy (non-hydrogen) atoms. The van der Waals surface area contributed by atoms with Crippen LogP contribution in [-0.2, 0) is 7.05 Å². The summed E-state index contributed by atoms with van der Waals surface area (Å²) in [4.78, 5) is 12.8. The number of hydrogen-bond acceptors (Lipinski definition) is 2. The van der Waals surface area contributed by atoms with Crippen LogP contribution in [0.1, 0.15) is 42.6 Å². The average molecular weight is 312 g/mol. The minimum absolute atomic E-state index is 0.0558. The summed E-state index contributed by atoms with van der Waals surface area (Å²) in [5.41, 5.74) is 1.79. The molecule has 1 aromatic heterocycles. The summed E-state index contributed by atoms with van der Waals surface area (Å²) in [6.45, 7) is 0. The zero-order chi connectivity index (χ0) is 16.0. The zero-order valence-electron chi connectivity index (χ0n) is 13.8. The van der Waals surface area contributed by atoms with Gasteiger partial charge < -0.3 is 14.6 Å². The van der Waals surface area contributed by atoms with Crippen molar-refractivity contribution in [1.29, 1.82) is 0 Å². The number of aromatic nitrogens is 1. The predicted molar refractivity (Wildman–Crippen MR) is 90.8 cm³/mol. The molecule has 0 bridgehead atoms. The van der Waals surface area contributed by atoms with Crippen molar-refractivity contribution >= 4 is 16.8 Å². The molecule has 2 saturated carbocycles. The smallest absolute Gasteiger partial charge is 0.268 e. The first kappa shape index (κ1) is 14.6. The molecular formula is C19H24N2O2. The van der Waals surface area contributed by atoms with Crippen LogP contribution < -0.4 is 10.1 Å². The number of nitrogens with one attached hydrogen (secondary N) is 1. The first-order valence-electron chi connectivity index (χ1n) is 8.61. The fourth-order valence-electron chi connectivity index (χ4n) is 4.66. The van der Waals surface area contributed by atoms with Crippen molar-refractivity contribution in [3.8, 4) is 5.75 Å². The number of benzene rings is 1. The van der Waals surface area contributed by atoms with Crippen molar-refractivity contribution < 1.29 is 9.53 Å². The molecular weight excluding hydrogens is 288 g/mol. The number of amides is 1. The van der Waals surface area contributed by atoms with E-state index in [2.05, 4.69) is 5.32 Å². The molecule has 0 spiro atoms. The van der Waals surface area contributed by atoms with E-state index in [-0.39, 0.29) is 5.91 Å². The molecule has 1 heterocycles. The van der Waals surface area contributed by atoms with Gasteiger partial charge in [-0.15, -0.1) is 0 Å². The highest BCUT2D eigenvalue weighted by Crippen LogP contribution is 2.44. The fraction of sp³-hybridized carbons (Fsp3) is 0.526. The van der Waals surface area contributed by atoms with Crippen LogP contribution in [-0.4, -0.2) is 23.6 Å². The van der Waals surface area contributed by atoms with Crippen molar-refractivity contribution in [2.45, 2.75) is 38.1 Å².